The summed E-state index contributed by atoms with van der Waals surface area (Å²) in [5.41, 5.74) is 0.00314. The van der Waals surface area contributed by atoms with Crippen LogP contribution < -0.4 is 5.32 Å². The number of alkyl halides is 1. The predicted octanol–water partition coefficient (Wildman–Crippen LogP) is 3.45. The molecule has 0 heterocycles. The summed E-state index contributed by atoms with van der Waals surface area (Å²) in [7, 11) is 0. The summed E-state index contributed by atoms with van der Waals surface area (Å²) in [6.45, 7) is 5.10. The van der Waals surface area contributed by atoms with Gasteiger partial charge in [0.2, 0.25) is 0 Å². The van der Waals surface area contributed by atoms with Gasteiger partial charge in [0.15, 0.2) is 0 Å². The Kier molecular flexibility index (Phi) is 6.71. The maximum atomic E-state index is 11.8. The molecule has 1 amide bonds. The number of amides is 1. The largest absolute Gasteiger partial charge is 0.508 e. The second-order valence-corrected chi connectivity index (χ2v) is 8.07. The molecule has 2 atom stereocenters. The van der Waals surface area contributed by atoms with Gasteiger partial charge in [-0.05, 0) is 61.1 Å². The van der Waals surface area contributed by atoms with E-state index in [9.17, 15) is 19.8 Å². The molecular formula is C14H17I2NO5. The number of benzene rings is 1. The number of alkyl carbamates (subject to hydrolysis) is 1. The van der Waals surface area contributed by atoms with E-state index in [2.05, 4.69) is 5.32 Å². The van der Waals surface area contributed by atoms with Gasteiger partial charge in [0.05, 0.1) is 3.92 Å². The number of ether oxygens (including phenoxy) is 1. The molecule has 0 aromatic heterocycles. The highest BCUT2D eigenvalue weighted by Crippen LogP contribution is 2.33. The Labute approximate surface area is 155 Å². The maximum Gasteiger partial charge on any atom is 0.408 e. The van der Waals surface area contributed by atoms with Gasteiger partial charge in [0, 0.05) is 3.57 Å². The number of aromatic hydroxyl groups is 1. The molecule has 1 unspecified atom stereocenters. The van der Waals surface area contributed by atoms with Crippen molar-refractivity contribution in [2.24, 2.45) is 0 Å². The summed E-state index contributed by atoms with van der Waals surface area (Å²) in [5.74, 6) is -1.06. The first-order valence-corrected chi connectivity index (χ1v) is 8.68. The molecule has 0 fully saturated rings. The molecule has 0 aliphatic carbocycles. The Balaban J connectivity index is 2.95. The Morgan fingerprint density at radius 2 is 1.91 bits per heavy atom. The second kappa shape index (κ2) is 7.66. The van der Waals surface area contributed by atoms with Crippen LogP contribution in [0.3, 0.4) is 0 Å². The monoisotopic (exact) mass is 533 g/mol. The van der Waals surface area contributed by atoms with Gasteiger partial charge in [-0.2, -0.15) is 0 Å². The van der Waals surface area contributed by atoms with Crippen molar-refractivity contribution in [2.45, 2.75) is 36.3 Å². The van der Waals surface area contributed by atoms with Crippen LogP contribution in [-0.4, -0.2) is 33.9 Å². The summed E-state index contributed by atoms with van der Waals surface area (Å²) < 4.78 is 5.29. The van der Waals surface area contributed by atoms with E-state index in [0.29, 0.717) is 9.13 Å². The first-order valence-electron chi connectivity index (χ1n) is 6.36. The number of halogens is 2. The van der Waals surface area contributed by atoms with Crippen molar-refractivity contribution in [1.29, 1.82) is 0 Å². The number of hydrogen-bond donors (Lipinski definition) is 3. The molecule has 0 radical (unpaired) electrons. The van der Waals surface area contributed by atoms with Gasteiger partial charge in [0.25, 0.3) is 0 Å². The first-order chi connectivity index (χ1) is 10.0. The quantitative estimate of drug-likeness (QED) is 0.408. The number of carbonyl (C=O) groups is 2. The van der Waals surface area contributed by atoms with E-state index in [1.165, 1.54) is 12.1 Å². The van der Waals surface area contributed by atoms with Crippen LogP contribution in [-0.2, 0) is 9.53 Å². The second-order valence-electron chi connectivity index (χ2n) is 5.57. The molecule has 1 rings (SSSR count). The average Bonchev–Trinajstić information content (AvgIpc) is 2.32. The molecule has 0 bridgehead atoms. The number of phenols is 1. The molecule has 3 N–H and O–H groups in total. The van der Waals surface area contributed by atoms with Crippen LogP contribution in [0.1, 0.15) is 30.3 Å². The number of rotatable bonds is 4. The van der Waals surface area contributed by atoms with E-state index in [1.807, 2.05) is 45.2 Å². The fourth-order valence-corrected chi connectivity index (χ4v) is 4.07. The fraction of sp³-hybridized carbons (Fsp3) is 0.429. The van der Waals surface area contributed by atoms with Gasteiger partial charge in [0.1, 0.15) is 17.4 Å². The van der Waals surface area contributed by atoms with Gasteiger partial charge in [-0.15, -0.1) is 0 Å². The SMILES string of the molecule is CC(C)(C)OC(=O)N[C@H](C(=O)O)C(I)c1ccc(O)cc1I. The van der Waals surface area contributed by atoms with Crippen molar-refractivity contribution in [1.82, 2.24) is 5.32 Å². The lowest BCUT2D eigenvalue weighted by Gasteiger charge is -2.24. The molecule has 1 aromatic carbocycles. The van der Waals surface area contributed by atoms with Crippen molar-refractivity contribution in [2.75, 3.05) is 0 Å². The van der Waals surface area contributed by atoms with Crippen LogP contribution in [0.15, 0.2) is 18.2 Å². The van der Waals surface area contributed by atoms with Gasteiger partial charge in [-0.1, -0.05) is 28.7 Å². The summed E-state index contributed by atoms with van der Waals surface area (Å²) in [6, 6.07) is 3.51. The average molecular weight is 533 g/mol. The van der Waals surface area contributed by atoms with Gasteiger partial charge in [-0.3, -0.25) is 0 Å². The van der Waals surface area contributed by atoms with E-state index in [0.717, 1.165) is 0 Å². The molecule has 1 aromatic rings. The Morgan fingerprint density at radius 3 is 2.36 bits per heavy atom. The molecule has 0 saturated heterocycles. The minimum atomic E-state index is -1.16. The number of nitrogens with one attached hydrogen (secondary N) is 1. The molecule has 0 spiro atoms. The number of carboxylic acids is 1. The molecule has 22 heavy (non-hydrogen) atoms. The van der Waals surface area contributed by atoms with Gasteiger partial charge in [-0.25, -0.2) is 9.59 Å². The molecule has 0 aliphatic rings. The van der Waals surface area contributed by atoms with Crippen molar-refractivity contribution in [3.63, 3.8) is 0 Å². The van der Waals surface area contributed by atoms with Gasteiger partial charge >= 0.3 is 12.1 Å². The lowest BCUT2D eigenvalue weighted by Crippen LogP contribution is -2.45. The minimum Gasteiger partial charge on any atom is -0.508 e. The van der Waals surface area contributed by atoms with Crippen molar-refractivity contribution < 1.29 is 24.5 Å². The van der Waals surface area contributed by atoms with Crippen molar-refractivity contribution in [3.8, 4) is 5.75 Å². The number of carbonyl (C=O) groups excluding carboxylic acids is 1. The van der Waals surface area contributed by atoms with E-state index in [-0.39, 0.29) is 5.75 Å². The fourth-order valence-electron chi connectivity index (χ4n) is 1.61. The van der Waals surface area contributed by atoms with Crippen LogP contribution in [0.5, 0.6) is 5.75 Å². The molecule has 8 heteroatoms. The van der Waals surface area contributed by atoms with Crippen LogP contribution in [0.25, 0.3) is 0 Å². The highest BCUT2D eigenvalue weighted by Gasteiger charge is 2.32. The standard InChI is InChI=1S/C14H17I2NO5/c1-14(2,3)22-13(21)17-11(12(19)20)10(16)8-5-4-7(18)6-9(8)15/h4-6,10-11,18H,1-3H3,(H,17,21)(H,19,20)/t10?,11-/m0/s1. The summed E-state index contributed by atoms with van der Waals surface area (Å²) in [5, 5.41) is 21.2. The zero-order valence-corrected chi connectivity index (χ0v) is 16.6. The zero-order chi connectivity index (χ0) is 17.1. The zero-order valence-electron chi connectivity index (χ0n) is 12.3. The molecular weight excluding hydrogens is 516 g/mol. The van der Waals surface area contributed by atoms with E-state index in [4.69, 9.17) is 4.74 Å². The third-order valence-corrected chi connectivity index (χ3v) is 4.84. The van der Waals surface area contributed by atoms with Crippen LogP contribution in [0, 0.1) is 3.57 Å². The number of aliphatic carboxylic acids is 1. The number of phenolic OH excluding ortho intramolecular Hbond substituents is 1. The lowest BCUT2D eigenvalue weighted by molar-refractivity contribution is -0.139. The van der Waals surface area contributed by atoms with E-state index in [1.54, 1.807) is 26.8 Å². The van der Waals surface area contributed by atoms with Crippen LogP contribution in [0.2, 0.25) is 0 Å². The summed E-state index contributed by atoms with van der Waals surface area (Å²) in [4.78, 5) is 23.3. The molecule has 0 saturated carbocycles. The van der Waals surface area contributed by atoms with Gasteiger partial charge < -0.3 is 20.3 Å². The normalized spacial score (nSPS) is 14.0. The molecule has 6 nitrogen and oxygen atoms in total. The van der Waals surface area contributed by atoms with Crippen molar-refractivity contribution >= 4 is 57.2 Å². The Morgan fingerprint density at radius 1 is 1.32 bits per heavy atom. The molecule has 122 valence electrons. The van der Waals surface area contributed by atoms with Crippen LogP contribution >= 0.6 is 45.2 Å². The summed E-state index contributed by atoms with van der Waals surface area (Å²) >= 11 is 3.97. The summed E-state index contributed by atoms with van der Waals surface area (Å²) in [6.07, 6.45) is -0.782. The van der Waals surface area contributed by atoms with Crippen molar-refractivity contribution in [3.05, 3.63) is 27.3 Å². The number of hydrogen-bond acceptors (Lipinski definition) is 4. The maximum absolute atomic E-state index is 11.8. The predicted molar refractivity (Wildman–Crippen MR) is 98.4 cm³/mol. The third-order valence-electron chi connectivity index (χ3n) is 2.51. The Bertz CT molecular complexity index is 571. The number of carboxylic acid groups (broad SMARTS) is 1. The molecule has 0 aliphatic heterocycles. The minimum absolute atomic E-state index is 0.101. The first kappa shape index (κ1) is 19.3. The highest BCUT2D eigenvalue weighted by atomic mass is 127. The Hall–Kier alpha value is -0.780. The third kappa shape index (κ3) is 5.78. The van der Waals surface area contributed by atoms with E-state index < -0.39 is 27.6 Å². The smallest absolute Gasteiger partial charge is 0.408 e. The van der Waals surface area contributed by atoms with Crippen LogP contribution in [0.4, 0.5) is 4.79 Å². The van der Waals surface area contributed by atoms with E-state index >= 15 is 0 Å². The highest BCUT2D eigenvalue weighted by molar-refractivity contribution is 14.1. The topological polar surface area (TPSA) is 95.9 Å². The lowest BCUT2D eigenvalue weighted by atomic mass is 10.1.